The molecule has 0 heterocycles. The lowest BCUT2D eigenvalue weighted by atomic mass is 9.92. The molecule has 2 N–H and O–H groups in total. The van der Waals surface area contributed by atoms with Gasteiger partial charge in [-0.2, -0.15) is 0 Å². The molecule has 0 bridgehead atoms. The molecule has 3 heteroatoms. The predicted octanol–water partition coefficient (Wildman–Crippen LogP) is 2.73. The molecule has 0 aliphatic heterocycles. The number of halogens is 1. The molecule has 88 valence electrons. The van der Waals surface area contributed by atoms with E-state index in [2.05, 4.69) is 5.32 Å². The Bertz CT molecular complexity index is 342. The standard InChI is InChI=1S/C13H18ClNO/c14-11-6-2-1-5-10(11)9-15-12-7-3-4-8-13(12)16/h1-2,5-6,12-13,15-16H,3-4,7-9H2/t12-,13-/m1/s1. The van der Waals surface area contributed by atoms with E-state index in [0.717, 1.165) is 36.4 Å². The average molecular weight is 240 g/mol. The van der Waals surface area contributed by atoms with Gasteiger partial charge in [-0.1, -0.05) is 42.6 Å². The van der Waals surface area contributed by atoms with Gasteiger partial charge in [0.25, 0.3) is 0 Å². The van der Waals surface area contributed by atoms with E-state index >= 15 is 0 Å². The van der Waals surface area contributed by atoms with Crippen molar-refractivity contribution in [1.82, 2.24) is 5.32 Å². The molecule has 0 spiro atoms. The summed E-state index contributed by atoms with van der Waals surface area (Å²) >= 11 is 6.08. The lowest BCUT2D eigenvalue weighted by molar-refractivity contribution is 0.0902. The highest BCUT2D eigenvalue weighted by Crippen LogP contribution is 2.20. The van der Waals surface area contributed by atoms with E-state index in [9.17, 15) is 5.11 Å². The Morgan fingerprint density at radius 1 is 1.25 bits per heavy atom. The van der Waals surface area contributed by atoms with Gasteiger partial charge < -0.3 is 10.4 Å². The Kier molecular flexibility index (Phi) is 4.22. The summed E-state index contributed by atoms with van der Waals surface area (Å²) in [6.07, 6.45) is 4.13. The highest BCUT2D eigenvalue weighted by Gasteiger charge is 2.22. The highest BCUT2D eigenvalue weighted by molar-refractivity contribution is 6.31. The quantitative estimate of drug-likeness (QED) is 0.850. The molecule has 1 fully saturated rings. The van der Waals surface area contributed by atoms with Crippen LogP contribution < -0.4 is 5.32 Å². The van der Waals surface area contributed by atoms with Crippen LogP contribution in [0.1, 0.15) is 31.2 Å². The maximum Gasteiger partial charge on any atom is 0.0693 e. The van der Waals surface area contributed by atoms with Crippen molar-refractivity contribution in [2.24, 2.45) is 0 Å². The number of rotatable bonds is 3. The van der Waals surface area contributed by atoms with Crippen LogP contribution in [0, 0.1) is 0 Å². The fraction of sp³-hybridized carbons (Fsp3) is 0.538. The molecular weight excluding hydrogens is 222 g/mol. The minimum Gasteiger partial charge on any atom is -0.392 e. The van der Waals surface area contributed by atoms with Crippen LogP contribution in [0.25, 0.3) is 0 Å². The van der Waals surface area contributed by atoms with Crippen LogP contribution in [0.2, 0.25) is 5.02 Å². The van der Waals surface area contributed by atoms with Crippen molar-refractivity contribution < 1.29 is 5.11 Å². The molecule has 0 aromatic heterocycles. The summed E-state index contributed by atoms with van der Waals surface area (Å²) in [7, 11) is 0. The number of benzene rings is 1. The zero-order valence-electron chi connectivity index (χ0n) is 9.32. The number of aliphatic hydroxyl groups excluding tert-OH is 1. The van der Waals surface area contributed by atoms with Crippen LogP contribution in [0.3, 0.4) is 0 Å². The van der Waals surface area contributed by atoms with Gasteiger partial charge in [0.1, 0.15) is 0 Å². The highest BCUT2D eigenvalue weighted by atomic mass is 35.5. The van der Waals surface area contributed by atoms with Crippen molar-refractivity contribution in [3.05, 3.63) is 34.9 Å². The molecule has 1 saturated carbocycles. The van der Waals surface area contributed by atoms with Crippen LogP contribution >= 0.6 is 11.6 Å². The smallest absolute Gasteiger partial charge is 0.0693 e. The van der Waals surface area contributed by atoms with Crippen molar-refractivity contribution in [3.8, 4) is 0 Å². The number of nitrogens with one attached hydrogen (secondary N) is 1. The molecule has 2 nitrogen and oxygen atoms in total. The molecule has 1 aliphatic rings. The summed E-state index contributed by atoms with van der Waals surface area (Å²) in [6, 6.07) is 8.06. The van der Waals surface area contributed by atoms with Crippen LogP contribution in [-0.2, 0) is 6.54 Å². The fourth-order valence-corrected chi connectivity index (χ4v) is 2.43. The van der Waals surface area contributed by atoms with Crippen molar-refractivity contribution in [1.29, 1.82) is 0 Å². The van der Waals surface area contributed by atoms with E-state index < -0.39 is 0 Å². The number of hydrogen-bond acceptors (Lipinski definition) is 2. The van der Waals surface area contributed by atoms with Crippen LogP contribution in [0.4, 0.5) is 0 Å². The molecule has 16 heavy (non-hydrogen) atoms. The molecular formula is C13H18ClNO. The lowest BCUT2D eigenvalue weighted by Gasteiger charge is -2.28. The summed E-state index contributed by atoms with van der Waals surface area (Å²) in [6.45, 7) is 0.738. The molecule has 0 radical (unpaired) electrons. The SMILES string of the molecule is O[C@@H]1CCCC[C@H]1NCc1ccccc1Cl. The van der Waals surface area contributed by atoms with Gasteiger partial charge in [-0.05, 0) is 24.5 Å². The average Bonchev–Trinajstić information content (AvgIpc) is 2.30. The topological polar surface area (TPSA) is 32.3 Å². The van der Waals surface area contributed by atoms with Gasteiger partial charge in [0.05, 0.1) is 6.10 Å². The van der Waals surface area contributed by atoms with Gasteiger partial charge in [-0.3, -0.25) is 0 Å². The molecule has 1 aromatic carbocycles. The van der Waals surface area contributed by atoms with Crippen molar-refractivity contribution in [2.75, 3.05) is 0 Å². The first-order valence-electron chi connectivity index (χ1n) is 5.92. The zero-order valence-corrected chi connectivity index (χ0v) is 10.1. The molecule has 2 atom stereocenters. The second kappa shape index (κ2) is 5.67. The first-order valence-corrected chi connectivity index (χ1v) is 6.30. The van der Waals surface area contributed by atoms with Gasteiger partial charge in [0.15, 0.2) is 0 Å². The first-order chi connectivity index (χ1) is 7.77. The summed E-state index contributed by atoms with van der Waals surface area (Å²) in [5.41, 5.74) is 1.10. The van der Waals surface area contributed by atoms with Crippen LogP contribution in [-0.4, -0.2) is 17.3 Å². The normalized spacial score (nSPS) is 25.6. The minimum absolute atomic E-state index is 0.198. The Morgan fingerprint density at radius 2 is 2.00 bits per heavy atom. The van der Waals surface area contributed by atoms with Gasteiger partial charge >= 0.3 is 0 Å². The third-order valence-corrected chi connectivity index (χ3v) is 3.61. The minimum atomic E-state index is -0.198. The molecule has 0 amide bonds. The molecule has 0 saturated heterocycles. The Morgan fingerprint density at radius 3 is 2.75 bits per heavy atom. The van der Waals surface area contributed by atoms with E-state index in [1.165, 1.54) is 6.42 Å². The largest absolute Gasteiger partial charge is 0.392 e. The maximum atomic E-state index is 9.82. The fourth-order valence-electron chi connectivity index (χ4n) is 2.23. The summed E-state index contributed by atoms with van der Waals surface area (Å²) in [5.74, 6) is 0. The molecule has 2 rings (SSSR count). The van der Waals surface area contributed by atoms with Crippen molar-refractivity contribution >= 4 is 11.6 Å². The molecule has 1 aromatic rings. The van der Waals surface area contributed by atoms with Gasteiger partial charge in [0, 0.05) is 17.6 Å². The van der Waals surface area contributed by atoms with Crippen molar-refractivity contribution in [3.63, 3.8) is 0 Å². The van der Waals surface area contributed by atoms with E-state index in [-0.39, 0.29) is 12.1 Å². The summed E-state index contributed by atoms with van der Waals surface area (Å²) in [5, 5.41) is 14.0. The molecule has 1 aliphatic carbocycles. The third-order valence-electron chi connectivity index (χ3n) is 3.24. The summed E-state index contributed by atoms with van der Waals surface area (Å²) in [4.78, 5) is 0. The second-order valence-electron chi connectivity index (χ2n) is 4.43. The zero-order chi connectivity index (χ0) is 11.4. The van der Waals surface area contributed by atoms with E-state index in [4.69, 9.17) is 11.6 Å². The third kappa shape index (κ3) is 2.97. The van der Waals surface area contributed by atoms with E-state index in [1.807, 2.05) is 24.3 Å². The lowest BCUT2D eigenvalue weighted by Crippen LogP contribution is -2.41. The Labute approximate surface area is 102 Å². The van der Waals surface area contributed by atoms with Crippen molar-refractivity contribution in [2.45, 2.75) is 44.4 Å². The van der Waals surface area contributed by atoms with Gasteiger partial charge in [0.2, 0.25) is 0 Å². The second-order valence-corrected chi connectivity index (χ2v) is 4.84. The maximum absolute atomic E-state index is 9.82. The Hall–Kier alpha value is -0.570. The first kappa shape index (κ1) is 11.9. The Balaban J connectivity index is 1.89. The van der Waals surface area contributed by atoms with E-state index in [0.29, 0.717) is 0 Å². The van der Waals surface area contributed by atoms with Gasteiger partial charge in [-0.15, -0.1) is 0 Å². The van der Waals surface area contributed by atoms with E-state index in [1.54, 1.807) is 0 Å². The monoisotopic (exact) mass is 239 g/mol. The van der Waals surface area contributed by atoms with Crippen LogP contribution in [0.5, 0.6) is 0 Å². The van der Waals surface area contributed by atoms with Crippen LogP contribution in [0.15, 0.2) is 24.3 Å². The summed E-state index contributed by atoms with van der Waals surface area (Å²) < 4.78 is 0. The number of hydrogen-bond donors (Lipinski definition) is 2. The number of aliphatic hydroxyl groups is 1. The molecule has 0 unspecified atom stereocenters. The van der Waals surface area contributed by atoms with Gasteiger partial charge in [-0.25, -0.2) is 0 Å². The predicted molar refractivity (Wildman–Crippen MR) is 66.6 cm³/mol.